The van der Waals surface area contributed by atoms with Crippen molar-refractivity contribution < 1.29 is 4.52 Å². The van der Waals surface area contributed by atoms with Gasteiger partial charge in [0.15, 0.2) is 0 Å². The second-order valence-electron chi connectivity index (χ2n) is 7.06. The molecule has 3 aromatic rings. The third kappa shape index (κ3) is 4.75. The zero-order chi connectivity index (χ0) is 18.6. The largest absolute Gasteiger partial charge is 0.338 e. The van der Waals surface area contributed by atoms with Gasteiger partial charge in [0.05, 0.1) is 6.54 Å². The number of benzene rings is 2. The molecule has 1 aromatic heterocycles. The van der Waals surface area contributed by atoms with Crippen molar-refractivity contribution in [1.29, 1.82) is 0 Å². The van der Waals surface area contributed by atoms with E-state index in [1.807, 2.05) is 24.3 Å². The lowest BCUT2D eigenvalue weighted by Crippen LogP contribution is -2.45. The number of aromatic nitrogens is 2. The number of halogens is 1. The molecule has 2 aromatic carbocycles. The van der Waals surface area contributed by atoms with E-state index in [-0.39, 0.29) is 0 Å². The average Bonchev–Trinajstić information content (AvgIpc) is 3.14. The monoisotopic (exact) mass is 382 g/mol. The molecule has 0 bridgehead atoms. The summed E-state index contributed by atoms with van der Waals surface area (Å²) in [5.41, 5.74) is 3.51. The summed E-state index contributed by atoms with van der Waals surface area (Å²) in [6.07, 6.45) is 0. The van der Waals surface area contributed by atoms with E-state index >= 15 is 0 Å². The summed E-state index contributed by atoms with van der Waals surface area (Å²) in [7, 11) is 0. The van der Waals surface area contributed by atoms with E-state index in [0.717, 1.165) is 43.3 Å². The van der Waals surface area contributed by atoms with Crippen molar-refractivity contribution in [2.24, 2.45) is 0 Å². The van der Waals surface area contributed by atoms with E-state index in [1.165, 1.54) is 11.1 Å². The molecular weight excluding hydrogens is 360 g/mol. The topological polar surface area (TPSA) is 45.4 Å². The second kappa shape index (κ2) is 8.21. The molecular formula is C21H23ClN4O. The first-order chi connectivity index (χ1) is 13.2. The van der Waals surface area contributed by atoms with E-state index in [1.54, 1.807) is 0 Å². The van der Waals surface area contributed by atoms with Crippen molar-refractivity contribution in [1.82, 2.24) is 19.9 Å². The normalized spacial score (nSPS) is 15.9. The molecule has 1 aliphatic rings. The Hall–Kier alpha value is -2.21. The fourth-order valence-corrected chi connectivity index (χ4v) is 3.41. The molecule has 0 amide bonds. The van der Waals surface area contributed by atoms with Gasteiger partial charge in [0.25, 0.3) is 0 Å². The van der Waals surface area contributed by atoms with Crippen LogP contribution in [0.4, 0.5) is 0 Å². The maximum atomic E-state index is 5.96. The Morgan fingerprint density at radius 2 is 1.52 bits per heavy atom. The van der Waals surface area contributed by atoms with Crippen LogP contribution in [-0.2, 0) is 13.1 Å². The average molecular weight is 383 g/mol. The summed E-state index contributed by atoms with van der Waals surface area (Å²) in [6.45, 7) is 7.78. The minimum atomic E-state index is 0.659. The van der Waals surface area contributed by atoms with Gasteiger partial charge < -0.3 is 4.52 Å². The summed E-state index contributed by atoms with van der Waals surface area (Å²) in [4.78, 5) is 9.38. The molecule has 0 aliphatic carbocycles. The second-order valence-corrected chi connectivity index (χ2v) is 7.49. The smallest absolute Gasteiger partial charge is 0.241 e. The first-order valence-corrected chi connectivity index (χ1v) is 9.62. The summed E-state index contributed by atoms with van der Waals surface area (Å²) < 4.78 is 5.46. The van der Waals surface area contributed by atoms with Gasteiger partial charge >= 0.3 is 0 Å². The Morgan fingerprint density at radius 3 is 2.19 bits per heavy atom. The van der Waals surface area contributed by atoms with Crippen LogP contribution in [0.15, 0.2) is 53.1 Å². The summed E-state index contributed by atoms with van der Waals surface area (Å²) in [5.74, 6) is 1.34. The summed E-state index contributed by atoms with van der Waals surface area (Å²) in [6, 6.07) is 16.3. The van der Waals surface area contributed by atoms with E-state index in [2.05, 4.69) is 51.1 Å². The minimum absolute atomic E-state index is 0.659. The predicted molar refractivity (Wildman–Crippen MR) is 106 cm³/mol. The SMILES string of the molecule is Cc1ccc(-c2noc(CN3CCN(Cc4ccc(Cl)cc4)CC3)n2)cc1. The number of hydrogen-bond donors (Lipinski definition) is 0. The molecule has 6 heteroatoms. The van der Waals surface area contributed by atoms with Crippen LogP contribution in [-0.4, -0.2) is 46.1 Å². The van der Waals surface area contributed by atoms with Crippen molar-refractivity contribution in [2.75, 3.05) is 26.2 Å². The van der Waals surface area contributed by atoms with Crippen LogP contribution in [0.3, 0.4) is 0 Å². The lowest BCUT2D eigenvalue weighted by Gasteiger charge is -2.33. The third-order valence-electron chi connectivity index (χ3n) is 4.92. The maximum absolute atomic E-state index is 5.96. The third-order valence-corrected chi connectivity index (χ3v) is 5.17. The van der Waals surface area contributed by atoms with Crippen LogP contribution >= 0.6 is 11.6 Å². The quantitative estimate of drug-likeness (QED) is 0.667. The van der Waals surface area contributed by atoms with Crippen LogP contribution in [0, 0.1) is 6.92 Å². The molecule has 0 unspecified atom stereocenters. The first kappa shape index (κ1) is 18.2. The van der Waals surface area contributed by atoms with Gasteiger partial charge in [-0.1, -0.05) is 58.7 Å². The van der Waals surface area contributed by atoms with E-state index in [4.69, 9.17) is 16.1 Å². The highest BCUT2D eigenvalue weighted by Gasteiger charge is 2.19. The van der Waals surface area contributed by atoms with Crippen LogP contribution in [0.1, 0.15) is 17.0 Å². The van der Waals surface area contributed by atoms with Crippen molar-refractivity contribution in [3.05, 3.63) is 70.6 Å². The molecule has 0 saturated carbocycles. The van der Waals surface area contributed by atoms with Crippen molar-refractivity contribution >= 4 is 11.6 Å². The fourth-order valence-electron chi connectivity index (χ4n) is 3.28. The molecule has 5 nitrogen and oxygen atoms in total. The molecule has 1 saturated heterocycles. The Labute approximate surface area is 164 Å². The molecule has 27 heavy (non-hydrogen) atoms. The molecule has 0 spiro atoms. The van der Waals surface area contributed by atoms with E-state index in [9.17, 15) is 0 Å². The molecule has 140 valence electrons. The molecule has 0 radical (unpaired) electrons. The molecule has 4 rings (SSSR count). The Balaban J connectivity index is 1.29. The van der Waals surface area contributed by atoms with Gasteiger partial charge in [-0.2, -0.15) is 4.98 Å². The zero-order valence-electron chi connectivity index (χ0n) is 15.4. The summed E-state index contributed by atoms with van der Waals surface area (Å²) >= 11 is 5.96. The number of rotatable bonds is 5. The van der Waals surface area contributed by atoms with Gasteiger partial charge in [0, 0.05) is 43.3 Å². The maximum Gasteiger partial charge on any atom is 0.241 e. The van der Waals surface area contributed by atoms with Gasteiger partial charge in [0.1, 0.15) is 0 Å². The van der Waals surface area contributed by atoms with E-state index in [0.29, 0.717) is 18.3 Å². The number of aryl methyl sites for hydroxylation is 1. The van der Waals surface area contributed by atoms with Crippen molar-refractivity contribution in [2.45, 2.75) is 20.0 Å². The lowest BCUT2D eigenvalue weighted by atomic mass is 10.1. The van der Waals surface area contributed by atoms with Gasteiger partial charge in [0.2, 0.25) is 11.7 Å². The fraction of sp³-hybridized carbons (Fsp3) is 0.333. The standard InChI is InChI=1S/C21H23ClN4O/c1-16-2-6-18(7-3-16)21-23-20(27-24-21)15-26-12-10-25(11-13-26)14-17-4-8-19(22)9-5-17/h2-9H,10-15H2,1H3. The Morgan fingerprint density at radius 1 is 0.889 bits per heavy atom. The van der Waals surface area contributed by atoms with Crippen LogP contribution in [0.5, 0.6) is 0 Å². The van der Waals surface area contributed by atoms with Crippen LogP contribution in [0.25, 0.3) is 11.4 Å². The highest BCUT2D eigenvalue weighted by Crippen LogP contribution is 2.18. The Kier molecular flexibility index (Phi) is 5.53. The number of nitrogens with zero attached hydrogens (tertiary/aromatic N) is 4. The first-order valence-electron chi connectivity index (χ1n) is 9.24. The Bertz CT molecular complexity index is 868. The predicted octanol–water partition coefficient (Wildman–Crippen LogP) is 4.02. The summed E-state index contributed by atoms with van der Waals surface area (Å²) in [5, 5.41) is 4.91. The molecule has 2 heterocycles. The van der Waals surface area contributed by atoms with E-state index < -0.39 is 0 Å². The van der Waals surface area contributed by atoms with Gasteiger partial charge in [-0.25, -0.2) is 0 Å². The van der Waals surface area contributed by atoms with Crippen molar-refractivity contribution in [3.63, 3.8) is 0 Å². The van der Waals surface area contributed by atoms with Crippen LogP contribution in [0.2, 0.25) is 5.02 Å². The lowest BCUT2D eigenvalue weighted by molar-refractivity contribution is 0.112. The molecule has 1 aliphatic heterocycles. The molecule has 0 atom stereocenters. The number of hydrogen-bond acceptors (Lipinski definition) is 5. The van der Waals surface area contributed by atoms with Crippen LogP contribution < -0.4 is 0 Å². The minimum Gasteiger partial charge on any atom is -0.338 e. The molecule has 0 N–H and O–H groups in total. The number of piperazine rings is 1. The zero-order valence-corrected chi connectivity index (χ0v) is 16.2. The highest BCUT2D eigenvalue weighted by atomic mass is 35.5. The van der Waals surface area contributed by atoms with Crippen molar-refractivity contribution in [3.8, 4) is 11.4 Å². The van der Waals surface area contributed by atoms with Gasteiger partial charge in [-0.05, 0) is 24.6 Å². The van der Waals surface area contributed by atoms with Gasteiger partial charge in [-0.3, -0.25) is 9.80 Å². The molecule has 1 fully saturated rings. The van der Waals surface area contributed by atoms with Gasteiger partial charge in [-0.15, -0.1) is 0 Å². The highest BCUT2D eigenvalue weighted by molar-refractivity contribution is 6.30.